The first-order chi connectivity index (χ1) is 0. The number of hydrogen-bond donors (Lipinski definition) is 0. The predicted octanol–water partition coefficient (Wildman–Crippen LogP) is 1.27. The molecular weight excluding hydrogens is 269 g/mol. The quantitative estimate of drug-likeness (QED) is 0.623. The van der Waals surface area contributed by atoms with E-state index in [4.69, 9.17) is 0 Å². The third-order valence-corrected chi connectivity index (χ3v) is 0. The van der Waals surface area contributed by atoms with Crippen LogP contribution in [0.5, 0.6) is 0 Å². The van der Waals surface area contributed by atoms with Crippen LogP contribution in [0.1, 0.15) is 0 Å². The Bertz CT molecular complexity index is 3.25. The summed E-state index contributed by atoms with van der Waals surface area (Å²) in [6, 6.07) is 0. The molecule has 0 spiro atoms. The molecule has 4 heavy (non-hydrogen) atoms. The van der Waals surface area contributed by atoms with Gasteiger partial charge in [-0.3, -0.25) is 0 Å². The van der Waals surface area contributed by atoms with Crippen molar-refractivity contribution in [2.24, 2.45) is 0 Å². The van der Waals surface area contributed by atoms with Gasteiger partial charge < -0.3 is 0 Å². The van der Waals surface area contributed by atoms with Crippen molar-refractivity contribution in [2.45, 2.75) is 0 Å². The Morgan fingerprint density at radius 2 is 0.500 bits per heavy atom. The average molecular weight is 272 g/mol. The monoisotopic (exact) mass is 272 g/mol. The standard InChI is InChI=1S/3ClH.Dy/h3*1H;. The molecule has 0 atom stereocenters. The van der Waals surface area contributed by atoms with Gasteiger partial charge in [0.1, 0.15) is 0 Å². The zero-order valence-corrected chi connectivity index (χ0v) is 6.02. The minimum atomic E-state index is 0. The molecule has 0 amide bonds. The smallest absolute Gasteiger partial charge is 0 e. The van der Waals surface area contributed by atoms with Crippen molar-refractivity contribution in [3.8, 4) is 0 Å². The fraction of sp³-hybridized carbons (Fsp3) is 0. The summed E-state index contributed by atoms with van der Waals surface area (Å²) in [6.07, 6.45) is 0. The van der Waals surface area contributed by atoms with E-state index < -0.39 is 0 Å². The van der Waals surface area contributed by atoms with Gasteiger partial charge >= 0.3 is 0 Å². The molecule has 0 aliphatic rings. The zero-order chi connectivity index (χ0) is 0. The second-order valence-corrected chi connectivity index (χ2v) is 0. The average Bonchev–Trinajstić information content (AvgIpc) is 0. The Morgan fingerprint density at radius 1 is 0.500 bits per heavy atom. The van der Waals surface area contributed by atoms with Crippen LogP contribution in [0.3, 0.4) is 0 Å². The number of hydrogen-bond acceptors (Lipinski definition) is 0. The van der Waals surface area contributed by atoms with Gasteiger partial charge in [0.25, 0.3) is 0 Å². The molecule has 0 aliphatic carbocycles. The molecule has 0 aromatic rings. The van der Waals surface area contributed by atoms with Gasteiger partial charge in [0, 0.05) is 38.2 Å². The molecule has 0 fully saturated rings. The molecule has 0 rings (SSSR count). The topological polar surface area (TPSA) is 0 Å². The Labute approximate surface area is 74.4 Å². The summed E-state index contributed by atoms with van der Waals surface area (Å²) in [7, 11) is 0. The molecular formula is H3Cl3Dy. The van der Waals surface area contributed by atoms with Crippen LogP contribution in [0.4, 0.5) is 0 Å². The molecule has 0 radical (unpaired) electrons. The molecule has 0 nitrogen and oxygen atoms in total. The Hall–Kier alpha value is 2.14. The summed E-state index contributed by atoms with van der Waals surface area (Å²) in [5.74, 6) is 0. The van der Waals surface area contributed by atoms with Crippen molar-refractivity contribution < 1.29 is 38.2 Å². The first kappa shape index (κ1) is 35.4. The van der Waals surface area contributed by atoms with Crippen molar-refractivity contribution >= 4 is 37.2 Å². The zero-order valence-electron chi connectivity index (χ0n) is 1.54. The first-order valence-corrected chi connectivity index (χ1v) is 0. The van der Waals surface area contributed by atoms with E-state index in [1.165, 1.54) is 0 Å². The molecule has 0 aromatic carbocycles. The van der Waals surface area contributed by atoms with E-state index in [1.54, 1.807) is 0 Å². The number of halogens is 3. The van der Waals surface area contributed by atoms with Gasteiger partial charge in [-0.1, -0.05) is 0 Å². The van der Waals surface area contributed by atoms with E-state index in [0.717, 1.165) is 0 Å². The van der Waals surface area contributed by atoms with Crippen LogP contribution in [0.25, 0.3) is 0 Å². The van der Waals surface area contributed by atoms with Gasteiger partial charge in [0.2, 0.25) is 0 Å². The van der Waals surface area contributed by atoms with E-state index in [2.05, 4.69) is 0 Å². The van der Waals surface area contributed by atoms with E-state index in [-0.39, 0.29) is 75.4 Å². The molecule has 34 valence electrons. The maximum atomic E-state index is 0. The summed E-state index contributed by atoms with van der Waals surface area (Å²) >= 11 is 0. The van der Waals surface area contributed by atoms with Gasteiger partial charge in [0.15, 0.2) is 0 Å². The van der Waals surface area contributed by atoms with E-state index in [1.807, 2.05) is 0 Å². The summed E-state index contributed by atoms with van der Waals surface area (Å²) in [6.45, 7) is 0. The first-order valence-electron chi connectivity index (χ1n) is 0. The fourth-order valence-electron chi connectivity index (χ4n) is 0. The summed E-state index contributed by atoms with van der Waals surface area (Å²) in [5.41, 5.74) is 0. The molecule has 0 unspecified atom stereocenters. The van der Waals surface area contributed by atoms with Crippen LogP contribution in [0.2, 0.25) is 0 Å². The van der Waals surface area contributed by atoms with Crippen LogP contribution in [-0.4, -0.2) is 0 Å². The molecule has 0 saturated carbocycles. The molecule has 4 heteroatoms. The van der Waals surface area contributed by atoms with Crippen molar-refractivity contribution in [2.75, 3.05) is 0 Å². The Morgan fingerprint density at radius 3 is 0.500 bits per heavy atom. The molecule has 0 heterocycles. The van der Waals surface area contributed by atoms with Gasteiger partial charge in [-0.05, 0) is 0 Å². The number of rotatable bonds is 0. The van der Waals surface area contributed by atoms with Crippen LogP contribution >= 0.6 is 37.2 Å². The third kappa shape index (κ3) is 8.91. The van der Waals surface area contributed by atoms with Gasteiger partial charge in [-0.2, -0.15) is 0 Å². The van der Waals surface area contributed by atoms with Crippen LogP contribution in [0.15, 0.2) is 0 Å². The van der Waals surface area contributed by atoms with Gasteiger partial charge in [-0.15, -0.1) is 37.2 Å². The van der Waals surface area contributed by atoms with Crippen molar-refractivity contribution in [1.82, 2.24) is 0 Å². The minimum absolute atomic E-state index is 0. The fourth-order valence-corrected chi connectivity index (χ4v) is 0. The summed E-state index contributed by atoms with van der Waals surface area (Å²) < 4.78 is 0. The predicted molar refractivity (Wildman–Crippen MR) is 21.7 cm³/mol. The second-order valence-electron chi connectivity index (χ2n) is 0. The third-order valence-electron chi connectivity index (χ3n) is 0. The van der Waals surface area contributed by atoms with Crippen molar-refractivity contribution in [3.05, 3.63) is 0 Å². The molecule has 0 aliphatic heterocycles. The van der Waals surface area contributed by atoms with Gasteiger partial charge in [0.05, 0.1) is 0 Å². The summed E-state index contributed by atoms with van der Waals surface area (Å²) in [4.78, 5) is 0. The molecule has 0 N–H and O–H groups in total. The van der Waals surface area contributed by atoms with Crippen LogP contribution in [-0.2, 0) is 0 Å². The van der Waals surface area contributed by atoms with E-state index >= 15 is 0 Å². The second kappa shape index (κ2) is 19.2. The van der Waals surface area contributed by atoms with Crippen LogP contribution in [0, 0.1) is 38.2 Å². The summed E-state index contributed by atoms with van der Waals surface area (Å²) in [5, 5.41) is 0. The maximum Gasteiger partial charge on any atom is 0 e. The normalized spacial score (nSPS) is 0. The maximum absolute atomic E-state index is 0. The SMILES string of the molecule is Cl.Cl.Cl.[Dy]. The van der Waals surface area contributed by atoms with Crippen molar-refractivity contribution in [1.29, 1.82) is 0 Å². The Balaban J connectivity index is 0. The van der Waals surface area contributed by atoms with E-state index in [9.17, 15) is 0 Å². The van der Waals surface area contributed by atoms with E-state index in [0.29, 0.717) is 0 Å². The largest absolute Gasteiger partial charge is 0.147 e. The Kier molecular flexibility index (Phi) is 170. The van der Waals surface area contributed by atoms with Crippen LogP contribution < -0.4 is 0 Å². The minimum Gasteiger partial charge on any atom is -0.147 e. The van der Waals surface area contributed by atoms with Gasteiger partial charge in [-0.25, -0.2) is 0 Å². The molecule has 0 aromatic heterocycles. The molecule has 0 bridgehead atoms. The molecule has 0 saturated heterocycles. The van der Waals surface area contributed by atoms with Crippen molar-refractivity contribution in [3.63, 3.8) is 0 Å².